The van der Waals surface area contributed by atoms with Gasteiger partial charge < -0.3 is 20.4 Å². The predicted octanol–water partition coefficient (Wildman–Crippen LogP) is 2.81. The third kappa shape index (κ3) is 2.33. The van der Waals surface area contributed by atoms with E-state index in [-0.39, 0.29) is 17.4 Å². The molecule has 0 amide bonds. The molecule has 5 nitrogen and oxygen atoms in total. The lowest BCUT2D eigenvalue weighted by Crippen LogP contribution is -2.53. The first-order valence-electron chi connectivity index (χ1n) is 9.90. The lowest BCUT2D eigenvalue weighted by atomic mass is 9.68. The Bertz CT molecular complexity index is 846. The molecule has 2 fully saturated rings. The maximum absolute atomic E-state index is 13.1. The third-order valence-corrected chi connectivity index (χ3v) is 6.85. The first-order valence-corrected chi connectivity index (χ1v) is 9.90. The van der Waals surface area contributed by atoms with Crippen LogP contribution in [-0.4, -0.2) is 37.5 Å². The van der Waals surface area contributed by atoms with Crippen LogP contribution in [0.3, 0.4) is 0 Å². The first kappa shape index (κ1) is 16.3. The summed E-state index contributed by atoms with van der Waals surface area (Å²) < 4.78 is 5.42. The van der Waals surface area contributed by atoms with Crippen LogP contribution in [0.25, 0.3) is 10.9 Å². The molecule has 3 aliphatic rings. The van der Waals surface area contributed by atoms with Gasteiger partial charge >= 0.3 is 0 Å². The SMILES string of the molecule is COc1ccc2c3c([nH]c2c1)C(C(=O)C1CCC1)NCC31CCNCC1. The number of aromatic amines is 1. The summed E-state index contributed by atoms with van der Waals surface area (Å²) in [6, 6.07) is 6.08. The highest BCUT2D eigenvalue weighted by Crippen LogP contribution is 2.46. The minimum atomic E-state index is -0.186. The number of fused-ring (bicyclic) bond motifs is 4. The van der Waals surface area contributed by atoms with Gasteiger partial charge in [0, 0.05) is 40.5 Å². The number of H-pyrrole nitrogens is 1. The van der Waals surface area contributed by atoms with Crippen LogP contribution in [0.2, 0.25) is 0 Å². The van der Waals surface area contributed by atoms with Gasteiger partial charge in [-0.2, -0.15) is 0 Å². The van der Waals surface area contributed by atoms with Gasteiger partial charge in [0.05, 0.1) is 7.11 Å². The number of hydrogen-bond donors (Lipinski definition) is 3. The minimum Gasteiger partial charge on any atom is -0.497 e. The van der Waals surface area contributed by atoms with E-state index in [1.165, 1.54) is 17.4 Å². The first-order chi connectivity index (χ1) is 12.7. The molecule has 1 unspecified atom stereocenters. The summed E-state index contributed by atoms with van der Waals surface area (Å²) in [4.78, 5) is 16.7. The zero-order valence-electron chi connectivity index (χ0n) is 15.4. The largest absolute Gasteiger partial charge is 0.497 e. The van der Waals surface area contributed by atoms with Crippen LogP contribution in [0.1, 0.15) is 49.4 Å². The van der Waals surface area contributed by atoms with E-state index in [2.05, 4.69) is 27.8 Å². The molecule has 2 aliphatic heterocycles. The van der Waals surface area contributed by atoms with Crippen molar-refractivity contribution in [1.82, 2.24) is 15.6 Å². The number of ketones is 1. The molecule has 3 N–H and O–H groups in total. The Balaban J connectivity index is 1.66. The van der Waals surface area contributed by atoms with Gasteiger partial charge in [-0.1, -0.05) is 6.42 Å². The van der Waals surface area contributed by atoms with E-state index in [1.54, 1.807) is 7.11 Å². The summed E-state index contributed by atoms with van der Waals surface area (Å²) in [5.74, 6) is 1.47. The van der Waals surface area contributed by atoms with Crippen molar-refractivity contribution in [2.75, 3.05) is 26.7 Å². The normalized spacial score (nSPS) is 25.0. The molecule has 3 heterocycles. The number of hydrogen-bond acceptors (Lipinski definition) is 4. The Labute approximate surface area is 153 Å². The van der Waals surface area contributed by atoms with Gasteiger partial charge in [-0.15, -0.1) is 0 Å². The summed E-state index contributed by atoms with van der Waals surface area (Å²) >= 11 is 0. The molecule has 1 aliphatic carbocycles. The summed E-state index contributed by atoms with van der Waals surface area (Å²) in [5.41, 5.74) is 3.69. The van der Waals surface area contributed by atoms with Gasteiger partial charge in [-0.05, 0) is 56.5 Å². The Morgan fingerprint density at radius 1 is 1.23 bits per heavy atom. The molecule has 1 aromatic heterocycles. The van der Waals surface area contributed by atoms with Gasteiger partial charge in [0.25, 0.3) is 0 Å². The number of rotatable bonds is 3. The fourth-order valence-electron chi connectivity index (χ4n) is 5.10. The number of nitrogens with one attached hydrogen (secondary N) is 3. The zero-order chi connectivity index (χ0) is 17.7. The lowest BCUT2D eigenvalue weighted by molar-refractivity contribution is -0.127. The van der Waals surface area contributed by atoms with E-state index in [9.17, 15) is 4.79 Å². The fourth-order valence-corrected chi connectivity index (χ4v) is 5.10. The quantitative estimate of drug-likeness (QED) is 0.794. The van der Waals surface area contributed by atoms with Crippen molar-refractivity contribution in [3.05, 3.63) is 29.5 Å². The molecule has 0 bridgehead atoms. The maximum Gasteiger partial charge on any atom is 0.158 e. The standard InChI is InChI=1S/C21H27N3O2/c1-26-14-5-6-15-16(11-14)24-18-17(15)21(7-9-22-10-8-21)12-23-19(18)20(25)13-3-2-4-13/h5-6,11,13,19,22-24H,2-4,7-10,12H2,1H3. The number of ether oxygens (including phenoxy) is 1. The predicted molar refractivity (Wildman–Crippen MR) is 102 cm³/mol. The number of methoxy groups -OCH3 is 1. The van der Waals surface area contributed by atoms with Gasteiger partial charge in [0.15, 0.2) is 5.78 Å². The van der Waals surface area contributed by atoms with Crippen molar-refractivity contribution in [3.8, 4) is 5.75 Å². The number of carbonyl (C=O) groups excluding carboxylic acids is 1. The Kier molecular flexibility index (Phi) is 3.83. The highest BCUT2D eigenvalue weighted by Gasteiger charge is 2.46. The van der Waals surface area contributed by atoms with E-state index >= 15 is 0 Å². The third-order valence-electron chi connectivity index (χ3n) is 6.85. The second-order valence-electron chi connectivity index (χ2n) is 8.20. The number of benzene rings is 1. The number of aromatic nitrogens is 1. The minimum absolute atomic E-state index is 0.115. The number of piperidine rings is 1. The van der Waals surface area contributed by atoms with Crippen molar-refractivity contribution in [2.45, 2.75) is 43.6 Å². The van der Waals surface area contributed by atoms with Crippen LogP contribution in [0, 0.1) is 5.92 Å². The van der Waals surface area contributed by atoms with E-state index in [4.69, 9.17) is 4.74 Å². The van der Waals surface area contributed by atoms with Gasteiger partial charge in [0.2, 0.25) is 0 Å². The van der Waals surface area contributed by atoms with E-state index in [1.807, 2.05) is 6.07 Å². The Morgan fingerprint density at radius 2 is 2.04 bits per heavy atom. The molecular weight excluding hydrogens is 326 g/mol. The van der Waals surface area contributed by atoms with Crippen molar-refractivity contribution < 1.29 is 9.53 Å². The van der Waals surface area contributed by atoms with Crippen LogP contribution in [-0.2, 0) is 10.2 Å². The van der Waals surface area contributed by atoms with Crippen molar-refractivity contribution >= 4 is 16.7 Å². The van der Waals surface area contributed by atoms with Gasteiger partial charge in [-0.25, -0.2) is 0 Å². The van der Waals surface area contributed by atoms with E-state index in [0.29, 0.717) is 5.78 Å². The second kappa shape index (κ2) is 6.10. The molecule has 138 valence electrons. The van der Waals surface area contributed by atoms with Crippen LogP contribution >= 0.6 is 0 Å². The summed E-state index contributed by atoms with van der Waals surface area (Å²) in [6.07, 6.45) is 5.51. The molecule has 1 saturated heterocycles. The lowest BCUT2D eigenvalue weighted by Gasteiger charge is -2.44. The Morgan fingerprint density at radius 3 is 2.73 bits per heavy atom. The summed E-state index contributed by atoms with van der Waals surface area (Å²) in [7, 11) is 1.70. The monoisotopic (exact) mass is 353 g/mol. The molecule has 2 aromatic rings. The molecule has 1 saturated carbocycles. The topological polar surface area (TPSA) is 66.2 Å². The van der Waals surface area contributed by atoms with Crippen molar-refractivity contribution in [2.24, 2.45) is 5.92 Å². The second-order valence-corrected chi connectivity index (χ2v) is 8.20. The van der Waals surface area contributed by atoms with E-state index < -0.39 is 0 Å². The van der Waals surface area contributed by atoms with Gasteiger partial charge in [-0.3, -0.25) is 4.79 Å². The molecule has 5 heteroatoms. The van der Waals surface area contributed by atoms with Crippen LogP contribution in [0.15, 0.2) is 18.2 Å². The highest BCUT2D eigenvalue weighted by atomic mass is 16.5. The molecule has 0 radical (unpaired) electrons. The van der Waals surface area contributed by atoms with Crippen LogP contribution in [0.5, 0.6) is 5.75 Å². The molecule has 26 heavy (non-hydrogen) atoms. The average Bonchev–Trinajstić information content (AvgIpc) is 3.00. The maximum atomic E-state index is 13.1. The number of carbonyl (C=O) groups is 1. The van der Waals surface area contributed by atoms with Gasteiger partial charge in [0.1, 0.15) is 11.8 Å². The molecule has 1 atom stereocenters. The molecular formula is C21H27N3O2. The van der Waals surface area contributed by atoms with Crippen molar-refractivity contribution in [3.63, 3.8) is 0 Å². The number of Topliss-reactive ketones (excluding diaryl/α,β-unsaturated/α-hetero) is 1. The zero-order valence-corrected chi connectivity index (χ0v) is 15.4. The molecule has 1 aromatic carbocycles. The summed E-state index contributed by atoms with van der Waals surface area (Å²) in [5, 5.41) is 8.39. The fraction of sp³-hybridized carbons (Fsp3) is 0.571. The highest BCUT2D eigenvalue weighted by molar-refractivity contribution is 5.93. The molecule has 5 rings (SSSR count). The van der Waals surface area contributed by atoms with Crippen molar-refractivity contribution in [1.29, 1.82) is 0 Å². The summed E-state index contributed by atoms with van der Waals surface area (Å²) in [6.45, 7) is 2.96. The average molecular weight is 353 g/mol. The Hall–Kier alpha value is -1.85. The van der Waals surface area contributed by atoms with Crippen LogP contribution in [0.4, 0.5) is 0 Å². The smallest absolute Gasteiger partial charge is 0.158 e. The molecule has 1 spiro atoms. The van der Waals surface area contributed by atoms with Crippen LogP contribution < -0.4 is 15.4 Å². The van der Waals surface area contributed by atoms with E-state index in [0.717, 1.165) is 62.3 Å².